The van der Waals surface area contributed by atoms with Crippen molar-refractivity contribution in [3.8, 4) is 0 Å². The molecule has 0 fully saturated rings. The summed E-state index contributed by atoms with van der Waals surface area (Å²) >= 11 is 0. The maximum Gasteiger partial charge on any atom is 0.313 e. The van der Waals surface area contributed by atoms with Crippen LogP contribution in [0.1, 0.15) is 32.6 Å². The Bertz CT molecular complexity index is 317. The third kappa shape index (κ3) is 9.17. The molecule has 0 unspecified atom stereocenters. The van der Waals surface area contributed by atoms with Gasteiger partial charge in [-0.25, -0.2) is 0 Å². The number of ether oxygens (including phenoxy) is 1. The van der Waals surface area contributed by atoms with Crippen molar-refractivity contribution in [2.45, 2.75) is 32.6 Å². The smallest absolute Gasteiger partial charge is 0.313 e. The van der Waals surface area contributed by atoms with Gasteiger partial charge in [0.15, 0.2) is 11.6 Å². The van der Waals surface area contributed by atoms with Gasteiger partial charge in [-0.05, 0) is 19.4 Å². The van der Waals surface area contributed by atoms with Crippen molar-refractivity contribution in [2.24, 2.45) is 0 Å². The molecular formula is C12H16O5. The Balaban J connectivity index is 3.87. The van der Waals surface area contributed by atoms with Gasteiger partial charge >= 0.3 is 5.97 Å². The molecule has 0 aromatic carbocycles. The van der Waals surface area contributed by atoms with Crippen molar-refractivity contribution in [3.63, 3.8) is 0 Å². The first-order chi connectivity index (χ1) is 8.10. The minimum absolute atomic E-state index is 0.214. The summed E-state index contributed by atoms with van der Waals surface area (Å²) in [5.41, 5.74) is 0. The van der Waals surface area contributed by atoms with Crippen LogP contribution >= 0.6 is 0 Å². The van der Waals surface area contributed by atoms with Crippen LogP contribution in [0.2, 0.25) is 0 Å². The first-order valence-electron chi connectivity index (χ1n) is 5.40. The van der Waals surface area contributed by atoms with Crippen molar-refractivity contribution in [1.82, 2.24) is 0 Å². The van der Waals surface area contributed by atoms with Gasteiger partial charge in [-0.2, -0.15) is 0 Å². The Kier molecular flexibility index (Phi) is 8.46. The van der Waals surface area contributed by atoms with Gasteiger partial charge in [0.25, 0.3) is 0 Å². The van der Waals surface area contributed by atoms with Gasteiger partial charge in [-0.15, -0.1) is 0 Å². The zero-order valence-electron chi connectivity index (χ0n) is 9.81. The van der Waals surface area contributed by atoms with Crippen molar-refractivity contribution in [1.29, 1.82) is 0 Å². The molecule has 0 heterocycles. The molecule has 0 radical (unpaired) electrons. The first kappa shape index (κ1) is 15.2. The summed E-state index contributed by atoms with van der Waals surface area (Å²) in [4.78, 5) is 43.3. The Labute approximate surface area is 99.8 Å². The van der Waals surface area contributed by atoms with E-state index in [0.29, 0.717) is 12.8 Å². The number of ketones is 2. The Morgan fingerprint density at radius 2 is 1.82 bits per heavy atom. The molecular weight excluding hydrogens is 224 g/mol. The molecule has 0 aliphatic rings. The lowest BCUT2D eigenvalue weighted by Gasteiger charge is -1.99. The summed E-state index contributed by atoms with van der Waals surface area (Å²) < 4.78 is 4.58. The van der Waals surface area contributed by atoms with Gasteiger partial charge < -0.3 is 9.53 Å². The fourth-order valence-electron chi connectivity index (χ4n) is 1.07. The maximum atomic E-state index is 11.2. The van der Waals surface area contributed by atoms with E-state index in [1.54, 1.807) is 6.92 Å². The molecule has 0 aliphatic heterocycles. The van der Waals surface area contributed by atoms with Crippen LogP contribution in [0.25, 0.3) is 0 Å². The van der Waals surface area contributed by atoms with E-state index < -0.39 is 11.8 Å². The van der Waals surface area contributed by atoms with Crippen molar-refractivity contribution in [3.05, 3.63) is 12.2 Å². The molecule has 0 saturated heterocycles. The average molecular weight is 240 g/mol. The topological polar surface area (TPSA) is 77.5 Å². The number of carbonyl (C=O) groups is 4. The fourth-order valence-corrected chi connectivity index (χ4v) is 1.07. The SMILES string of the molecule is CCOC(=O)CC(=O)CC(=O)/C=C\CCC=O. The summed E-state index contributed by atoms with van der Waals surface area (Å²) in [5, 5.41) is 0. The number of allylic oxidation sites excluding steroid dienone is 2. The van der Waals surface area contributed by atoms with Crippen LogP contribution in [0.5, 0.6) is 0 Å². The molecule has 5 heteroatoms. The highest BCUT2D eigenvalue weighted by Gasteiger charge is 2.12. The van der Waals surface area contributed by atoms with E-state index in [0.717, 1.165) is 6.29 Å². The largest absolute Gasteiger partial charge is 0.466 e. The van der Waals surface area contributed by atoms with Crippen LogP contribution in [-0.4, -0.2) is 30.4 Å². The van der Waals surface area contributed by atoms with Crippen LogP contribution in [0.3, 0.4) is 0 Å². The second-order valence-corrected chi connectivity index (χ2v) is 3.31. The molecule has 94 valence electrons. The Morgan fingerprint density at radius 3 is 2.41 bits per heavy atom. The molecule has 0 spiro atoms. The molecule has 0 aromatic heterocycles. The molecule has 17 heavy (non-hydrogen) atoms. The number of carbonyl (C=O) groups excluding carboxylic acids is 4. The first-order valence-corrected chi connectivity index (χ1v) is 5.40. The molecule has 5 nitrogen and oxygen atoms in total. The molecule has 0 amide bonds. The summed E-state index contributed by atoms with van der Waals surface area (Å²) in [6.07, 6.45) is 3.68. The second-order valence-electron chi connectivity index (χ2n) is 3.31. The number of hydrogen-bond donors (Lipinski definition) is 0. The standard InChI is InChI=1S/C12H16O5/c1-2-17-12(16)9-11(15)8-10(14)6-4-3-5-7-13/h4,6-7H,2-3,5,8-9H2,1H3/b6-4-. The zero-order chi connectivity index (χ0) is 13.1. The molecule has 0 atom stereocenters. The van der Waals surface area contributed by atoms with Gasteiger partial charge in [0, 0.05) is 6.42 Å². The van der Waals surface area contributed by atoms with E-state index in [9.17, 15) is 19.2 Å². The highest BCUT2D eigenvalue weighted by molar-refractivity contribution is 6.08. The van der Waals surface area contributed by atoms with E-state index in [1.807, 2.05) is 0 Å². The van der Waals surface area contributed by atoms with Crippen molar-refractivity contribution in [2.75, 3.05) is 6.61 Å². The van der Waals surface area contributed by atoms with Gasteiger partial charge in [-0.1, -0.05) is 6.08 Å². The van der Waals surface area contributed by atoms with Crippen LogP contribution in [0.4, 0.5) is 0 Å². The molecule has 0 aliphatic carbocycles. The van der Waals surface area contributed by atoms with Crippen LogP contribution < -0.4 is 0 Å². The lowest BCUT2D eigenvalue weighted by atomic mass is 10.1. The maximum absolute atomic E-state index is 11.2. The predicted octanol–water partition coefficient (Wildman–Crippen LogP) is 1.00. The molecule has 0 saturated carbocycles. The van der Waals surface area contributed by atoms with E-state index in [2.05, 4.69) is 4.74 Å². The Morgan fingerprint density at radius 1 is 1.12 bits per heavy atom. The van der Waals surface area contributed by atoms with Gasteiger partial charge in [0.2, 0.25) is 0 Å². The number of hydrogen-bond acceptors (Lipinski definition) is 5. The van der Waals surface area contributed by atoms with E-state index in [-0.39, 0.29) is 25.2 Å². The number of unbranched alkanes of at least 4 members (excludes halogenated alkanes) is 1. The van der Waals surface area contributed by atoms with Crippen LogP contribution in [-0.2, 0) is 23.9 Å². The molecule has 0 N–H and O–H groups in total. The van der Waals surface area contributed by atoms with Gasteiger partial charge in [-0.3, -0.25) is 14.4 Å². The van der Waals surface area contributed by atoms with Crippen LogP contribution in [0.15, 0.2) is 12.2 Å². The average Bonchev–Trinajstić information content (AvgIpc) is 2.24. The van der Waals surface area contributed by atoms with Crippen LogP contribution in [0, 0.1) is 0 Å². The quantitative estimate of drug-likeness (QED) is 0.197. The fraction of sp³-hybridized carbons (Fsp3) is 0.500. The van der Waals surface area contributed by atoms with E-state index in [1.165, 1.54) is 12.2 Å². The summed E-state index contributed by atoms with van der Waals surface area (Å²) in [6, 6.07) is 0. The minimum Gasteiger partial charge on any atom is -0.466 e. The number of Topliss-reactive ketones (excluding diaryl/α,β-unsaturated/α-hetero) is 1. The Hall–Kier alpha value is -1.78. The van der Waals surface area contributed by atoms with E-state index >= 15 is 0 Å². The third-order valence-electron chi connectivity index (χ3n) is 1.77. The lowest BCUT2D eigenvalue weighted by molar-refractivity contribution is -0.145. The second kappa shape index (κ2) is 9.45. The zero-order valence-corrected chi connectivity index (χ0v) is 9.81. The number of rotatable bonds is 9. The van der Waals surface area contributed by atoms with Gasteiger partial charge in [0.1, 0.15) is 12.7 Å². The van der Waals surface area contributed by atoms with Crippen molar-refractivity contribution >= 4 is 23.8 Å². The van der Waals surface area contributed by atoms with Gasteiger partial charge in [0.05, 0.1) is 13.0 Å². The predicted molar refractivity (Wildman–Crippen MR) is 60.3 cm³/mol. The monoisotopic (exact) mass is 240 g/mol. The summed E-state index contributed by atoms with van der Waals surface area (Å²) in [7, 11) is 0. The highest BCUT2D eigenvalue weighted by atomic mass is 16.5. The molecule has 0 rings (SSSR count). The normalized spacial score (nSPS) is 10.2. The third-order valence-corrected chi connectivity index (χ3v) is 1.77. The number of aldehydes is 1. The van der Waals surface area contributed by atoms with Crippen molar-refractivity contribution < 1.29 is 23.9 Å². The summed E-state index contributed by atoms with van der Waals surface area (Å²) in [6.45, 7) is 1.86. The summed E-state index contributed by atoms with van der Waals surface area (Å²) in [5.74, 6) is -1.45. The molecule has 0 bridgehead atoms. The highest BCUT2D eigenvalue weighted by Crippen LogP contribution is 1.97. The van der Waals surface area contributed by atoms with E-state index in [4.69, 9.17) is 0 Å². The minimum atomic E-state index is -0.616. The molecule has 0 aromatic rings. The number of esters is 1. The lowest BCUT2D eigenvalue weighted by Crippen LogP contribution is -2.13.